The molecule has 0 bridgehead atoms. The molecule has 3 aromatic rings. The fourth-order valence-electron chi connectivity index (χ4n) is 3.79. The lowest BCUT2D eigenvalue weighted by Crippen LogP contribution is -2.44. The Labute approximate surface area is 174 Å². The molecular formula is C22H22N4O2S. The third-order valence-electron chi connectivity index (χ3n) is 5.35. The summed E-state index contributed by atoms with van der Waals surface area (Å²) < 4.78 is 2.21. The minimum atomic E-state index is -0.377. The maximum atomic E-state index is 11.0. The van der Waals surface area contributed by atoms with Crippen molar-refractivity contribution in [3.63, 3.8) is 0 Å². The van der Waals surface area contributed by atoms with Crippen LogP contribution >= 0.6 is 12.2 Å². The molecule has 0 amide bonds. The molecule has 2 aromatic carbocycles. The van der Waals surface area contributed by atoms with Crippen LogP contribution in [-0.4, -0.2) is 26.0 Å². The van der Waals surface area contributed by atoms with Gasteiger partial charge in [0, 0.05) is 42.8 Å². The van der Waals surface area contributed by atoms with Gasteiger partial charge < -0.3 is 14.8 Å². The number of non-ortho nitro benzene ring substituents is 1. The molecule has 7 heteroatoms. The first-order chi connectivity index (χ1) is 13.9. The van der Waals surface area contributed by atoms with Crippen molar-refractivity contribution in [3.05, 3.63) is 93.3 Å². The van der Waals surface area contributed by atoms with Crippen LogP contribution in [-0.2, 0) is 6.54 Å². The zero-order valence-corrected chi connectivity index (χ0v) is 17.1. The van der Waals surface area contributed by atoms with Crippen LogP contribution in [0.5, 0.6) is 0 Å². The molecule has 1 unspecified atom stereocenters. The van der Waals surface area contributed by atoms with E-state index in [-0.39, 0.29) is 16.7 Å². The summed E-state index contributed by atoms with van der Waals surface area (Å²) in [4.78, 5) is 12.8. The number of nitrogens with zero attached hydrogens (tertiary/aromatic N) is 3. The molecule has 1 aromatic heterocycles. The van der Waals surface area contributed by atoms with E-state index in [9.17, 15) is 10.1 Å². The van der Waals surface area contributed by atoms with E-state index in [0.717, 1.165) is 35.6 Å². The number of benzene rings is 2. The van der Waals surface area contributed by atoms with Gasteiger partial charge in [0.05, 0.1) is 11.0 Å². The third-order valence-corrected chi connectivity index (χ3v) is 5.69. The highest BCUT2D eigenvalue weighted by Crippen LogP contribution is 2.34. The maximum Gasteiger partial charge on any atom is 0.269 e. The minimum Gasteiger partial charge on any atom is -0.348 e. The lowest BCUT2D eigenvalue weighted by atomic mass is 10.00. The zero-order valence-electron chi connectivity index (χ0n) is 16.3. The molecule has 0 aliphatic carbocycles. The summed E-state index contributed by atoms with van der Waals surface area (Å²) in [5.74, 6) is 0. The first-order valence-corrected chi connectivity index (χ1v) is 9.89. The largest absolute Gasteiger partial charge is 0.348 e. The molecule has 6 nitrogen and oxygen atoms in total. The Morgan fingerprint density at radius 3 is 2.62 bits per heavy atom. The summed E-state index contributed by atoms with van der Waals surface area (Å²) >= 11 is 5.80. The number of nitrogens with one attached hydrogen (secondary N) is 1. The Balaban J connectivity index is 1.68. The van der Waals surface area contributed by atoms with Crippen LogP contribution in [0.3, 0.4) is 0 Å². The molecule has 0 radical (unpaired) electrons. The Kier molecular flexibility index (Phi) is 5.07. The van der Waals surface area contributed by atoms with Crippen LogP contribution in [0.4, 0.5) is 11.4 Å². The van der Waals surface area contributed by atoms with Crippen molar-refractivity contribution in [2.45, 2.75) is 26.4 Å². The van der Waals surface area contributed by atoms with Gasteiger partial charge in [-0.25, -0.2) is 0 Å². The van der Waals surface area contributed by atoms with Crippen LogP contribution in [0, 0.1) is 24.0 Å². The lowest BCUT2D eigenvalue weighted by Gasteiger charge is -2.39. The Morgan fingerprint density at radius 1 is 1.14 bits per heavy atom. The second-order valence-electron chi connectivity index (χ2n) is 7.32. The topological polar surface area (TPSA) is 63.3 Å². The van der Waals surface area contributed by atoms with Crippen molar-refractivity contribution in [1.29, 1.82) is 0 Å². The first kappa shape index (κ1) is 19.1. The quantitative estimate of drug-likeness (QED) is 0.384. The van der Waals surface area contributed by atoms with Crippen molar-refractivity contribution in [3.8, 4) is 0 Å². The summed E-state index contributed by atoms with van der Waals surface area (Å²) in [6.45, 7) is 5.70. The predicted octanol–water partition coefficient (Wildman–Crippen LogP) is 4.82. The predicted molar refractivity (Wildman–Crippen MR) is 118 cm³/mol. The number of hydrogen-bond acceptors (Lipinski definition) is 3. The first-order valence-electron chi connectivity index (χ1n) is 9.48. The molecule has 0 spiro atoms. The molecule has 1 aliphatic heterocycles. The second kappa shape index (κ2) is 7.67. The van der Waals surface area contributed by atoms with Crippen molar-refractivity contribution in [2.75, 3.05) is 11.9 Å². The minimum absolute atomic E-state index is 0.0857. The highest BCUT2D eigenvalue weighted by molar-refractivity contribution is 7.80. The molecule has 29 heavy (non-hydrogen) atoms. The normalized spacial score (nSPS) is 15.7. The van der Waals surface area contributed by atoms with Gasteiger partial charge in [0.2, 0.25) is 0 Å². The molecule has 1 atom stereocenters. The Bertz CT molecular complexity index is 1070. The van der Waals surface area contributed by atoms with Gasteiger partial charge in [0.1, 0.15) is 0 Å². The monoisotopic (exact) mass is 406 g/mol. The standard InChI is InChI=1S/C22H22N4O2S/c1-15-5-6-16(2)19(14-15)23-22(29)25-13-12-24-11-3-4-20(24)21(25)17-7-9-18(10-8-17)26(27)28/h3-11,14,21H,12-13H2,1-2H3,(H,23,29). The van der Waals surface area contributed by atoms with Crippen molar-refractivity contribution >= 4 is 28.7 Å². The van der Waals surface area contributed by atoms with Crippen molar-refractivity contribution < 1.29 is 4.92 Å². The number of nitro benzene ring substituents is 1. The molecule has 2 heterocycles. The highest BCUT2D eigenvalue weighted by atomic mass is 32.1. The van der Waals surface area contributed by atoms with Gasteiger partial charge >= 0.3 is 0 Å². The molecule has 0 saturated carbocycles. The highest BCUT2D eigenvalue weighted by Gasteiger charge is 2.31. The van der Waals surface area contributed by atoms with Crippen LogP contribution in [0.1, 0.15) is 28.4 Å². The number of aromatic nitrogens is 1. The number of nitro groups is 1. The zero-order chi connectivity index (χ0) is 20.5. The van der Waals surface area contributed by atoms with Crippen LogP contribution in [0.25, 0.3) is 0 Å². The summed E-state index contributed by atoms with van der Waals surface area (Å²) in [7, 11) is 0. The van der Waals surface area contributed by atoms with E-state index in [4.69, 9.17) is 12.2 Å². The van der Waals surface area contributed by atoms with Crippen LogP contribution in [0.2, 0.25) is 0 Å². The molecule has 148 valence electrons. The number of rotatable bonds is 3. The molecule has 0 fully saturated rings. The number of thiocarbonyl (C=S) groups is 1. The van der Waals surface area contributed by atoms with Gasteiger partial charge in [0.15, 0.2) is 5.11 Å². The van der Waals surface area contributed by atoms with E-state index in [1.807, 2.05) is 18.2 Å². The molecule has 4 rings (SSSR count). The number of aryl methyl sites for hydroxylation is 2. The Hall–Kier alpha value is -3.19. The summed E-state index contributed by atoms with van der Waals surface area (Å²) in [5.41, 5.74) is 5.47. The van der Waals surface area contributed by atoms with Crippen LogP contribution in [0.15, 0.2) is 60.8 Å². The lowest BCUT2D eigenvalue weighted by molar-refractivity contribution is -0.384. The fraction of sp³-hybridized carbons (Fsp3) is 0.227. The van der Waals surface area contributed by atoms with Gasteiger partial charge in [-0.3, -0.25) is 10.1 Å². The average Bonchev–Trinajstić information content (AvgIpc) is 3.19. The third kappa shape index (κ3) is 3.73. The number of anilines is 1. The molecule has 0 saturated heterocycles. The van der Waals surface area contributed by atoms with Gasteiger partial charge in [-0.05, 0) is 73.1 Å². The van der Waals surface area contributed by atoms with E-state index in [1.54, 1.807) is 12.1 Å². The number of hydrogen-bond donors (Lipinski definition) is 1. The maximum absolute atomic E-state index is 11.0. The summed E-state index contributed by atoms with van der Waals surface area (Å²) in [6, 6.07) is 17.0. The second-order valence-corrected chi connectivity index (χ2v) is 7.71. The summed E-state index contributed by atoms with van der Waals surface area (Å²) in [6.07, 6.45) is 2.06. The van der Waals surface area contributed by atoms with Gasteiger partial charge in [0.25, 0.3) is 5.69 Å². The number of fused-ring (bicyclic) bond motifs is 1. The van der Waals surface area contributed by atoms with Gasteiger partial charge in [-0.15, -0.1) is 0 Å². The smallest absolute Gasteiger partial charge is 0.269 e. The van der Waals surface area contributed by atoms with E-state index in [1.165, 1.54) is 5.56 Å². The van der Waals surface area contributed by atoms with Crippen molar-refractivity contribution in [2.24, 2.45) is 0 Å². The van der Waals surface area contributed by atoms with Crippen LogP contribution < -0.4 is 5.32 Å². The Morgan fingerprint density at radius 2 is 1.90 bits per heavy atom. The van der Waals surface area contributed by atoms with E-state index >= 15 is 0 Å². The SMILES string of the molecule is Cc1ccc(C)c(NC(=S)N2CCn3cccc3C2c2ccc([N+](=O)[O-])cc2)c1. The van der Waals surface area contributed by atoms with E-state index in [0.29, 0.717) is 5.11 Å². The van der Waals surface area contributed by atoms with E-state index < -0.39 is 0 Å². The average molecular weight is 407 g/mol. The summed E-state index contributed by atoms with van der Waals surface area (Å²) in [5, 5.41) is 15.1. The molecule has 1 N–H and O–H groups in total. The van der Waals surface area contributed by atoms with Crippen molar-refractivity contribution in [1.82, 2.24) is 9.47 Å². The molecular weight excluding hydrogens is 384 g/mol. The molecule has 1 aliphatic rings. The fourth-order valence-corrected chi connectivity index (χ4v) is 4.10. The van der Waals surface area contributed by atoms with E-state index in [2.05, 4.69) is 59.1 Å². The van der Waals surface area contributed by atoms with Gasteiger partial charge in [-0.1, -0.05) is 12.1 Å². The van der Waals surface area contributed by atoms with Gasteiger partial charge in [-0.2, -0.15) is 0 Å².